The van der Waals surface area contributed by atoms with Gasteiger partial charge in [-0.3, -0.25) is 0 Å². The topological polar surface area (TPSA) is 134 Å². The summed E-state index contributed by atoms with van der Waals surface area (Å²) in [5.74, 6) is 0.117. The highest BCUT2D eigenvalue weighted by molar-refractivity contribution is 6.77. The van der Waals surface area contributed by atoms with Crippen molar-refractivity contribution in [3.63, 3.8) is 0 Å². The number of hydrogen-bond acceptors (Lipinski definition) is 12. The summed E-state index contributed by atoms with van der Waals surface area (Å²) < 4.78 is 15.3. The monoisotopic (exact) mass is 1140 g/mol. The lowest BCUT2D eigenvalue weighted by atomic mass is 9.55. The van der Waals surface area contributed by atoms with Crippen molar-refractivity contribution in [2.24, 2.45) is 0 Å². The van der Waals surface area contributed by atoms with Crippen molar-refractivity contribution in [1.82, 2.24) is 0 Å². The third kappa shape index (κ3) is 2.85. The van der Waals surface area contributed by atoms with Crippen molar-refractivity contribution in [3.05, 3.63) is 87.8 Å². The number of hydrogen-bond donors (Lipinski definition) is 0. The minimum Gasteiger partial charge on any atom is -0.423 e. The van der Waals surface area contributed by atoms with Crippen LogP contribution in [0, 0.1) is 0 Å². The Bertz CT molecular complexity index is 7670. The Morgan fingerprint density at radius 2 is 0.455 bits per heavy atom. The Hall–Kier alpha value is -8.40. The van der Waals surface area contributed by atoms with E-state index in [0.717, 1.165) is 114 Å². The Balaban J connectivity index is 1.09. The molecule has 21 aromatic carbocycles. The summed E-state index contributed by atoms with van der Waals surface area (Å²) >= 11 is 0. The van der Waals surface area contributed by atoms with Crippen LogP contribution in [-0.4, -0.2) is 22.4 Å². The molecule has 412 valence electrons. The van der Waals surface area contributed by atoms with E-state index in [1.54, 1.807) is 0 Å². The molecule has 12 heteroatoms. The van der Waals surface area contributed by atoms with E-state index in [1.807, 2.05) is 83.1 Å². The van der Waals surface area contributed by atoms with Crippen LogP contribution in [0.3, 0.4) is 0 Å². The van der Waals surface area contributed by atoms with Gasteiger partial charge in [0.05, 0.1) is 33.4 Å². The van der Waals surface area contributed by atoms with Crippen LogP contribution < -0.4 is 11.3 Å². The van der Waals surface area contributed by atoms with Gasteiger partial charge in [0.15, 0.2) is 22.6 Å². The molecule has 0 amide bonds. The molecule has 0 N–H and O–H groups in total. The van der Waals surface area contributed by atoms with E-state index in [-0.39, 0.29) is 11.3 Å². The van der Waals surface area contributed by atoms with Crippen LogP contribution in [-0.2, 0) is 61.5 Å². The zero-order chi connectivity index (χ0) is 57.4. The maximum atomic E-state index is 17.8. The smallest absolute Gasteiger partial charge is 0.344 e. The summed E-state index contributed by atoms with van der Waals surface area (Å²) in [7, 11) is 0. The van der Waals surface area contributed by atoms with Crippen molar-refractivity contribution in [3.8, 4) is 0 Å². The molecular weight excluding hydrogens is 1100 g/mol. The van der Waals surface area contributed by atoms with Gasteiger partial charge in [-0.25, -0.2) is 48.7 Å². The molecule has 7 aliphatic carbocycles. The maximum absolute atomic E-state index is 17.8. The van der Waals surface area contributed by atoms with Crippen molar-refractivity contribution in [2.45, 2.75) is 128 Å². The normalized spacial score (nSPS) is 24.1. The van der Waals surface area contributed by atoms with E-state index in [9.17, 15) is 0 Å². The quantitative estimate of drug-likeness (QED) is 0.0471. The van der Waals surface area contributed by atoms with E-state index in [1.165, 1.54) is 129 Å². The molecule has 0 radical (unpaired) electrons. The van der Waals surface area contributed by atoms with Crippen molar-refractivity contribution < 1.29 is 47.9 Å². The third-order valence-corrected chi connectivity index (χ3v) is 24.8. The minimum atomic E-state index is -2.02. The van der Waals surface area contributed by atoms with Gasteiger partial charge in [0.1, 0.15) is 5.58 Å². The average molecular weight is 1140 g/mol. The fourth-order valence-electron chi connectivity index (χ4n) is 24.0. The van der Waals surface area contributed by atoms with E-state index >= 15 is 9.59 Å². The summed E-state index contributed by atoms with van der Waals surface area (Å²) in [6, 6.07) is 0. The lowest BCUT2D eigenvalue weighted by Gasteiger charge is -2.54. The maximum Gasteiger partial charge on any atom is 0.344 e. The molecule has 0 saturated carbocycles. The van der Waals surface area contributed by atoms with E-state index in [2.05, 4.69) is 0 Å². The second-order valence-electron chi connectivity index (χ2n) is 32.8. The Labute approximate surface area is 487 Å². The fourth-order valence-corrected chi connectivity index (χ4v) is 24.0. The third-order valence-electron chi connectivity index (χ3n) is 24.8. The average Bonchev–Trinajstić information content (AvgIpc) is 1.39. The highest BCUT2D eigenvalue weighted by atomic mass is 17.2. The number of rotatable bonds is 8. The summed E-state index contributed by atoms with van der Waals surface area (Å²) in [5, 5.41) is 47.0. The molecule has 0 spiro atoms. The summed E-state index contributed by atoms with van der Waals surface area (Å²) in [6.07, 6.45) is 0. The minimum absolute atomic E-state index is 0.117. The van der Waals surface area contributed by atoms with Crippen molar-refractivity contribution in [2.75, 3.05) is 0 Å². The summed E-state index contributed by atoms with van der Waals surface area (Å²) in [5.41, 5.74) is -5.10. The van der Waals surface area contributed by atoms with Crippen molar-refractivity contribution >= 4 is 226 Å². The summed E-state index contributed by atoms with van der Waals surface area (Å²) in [6.45, 7) is 23.9. The van der Waals surface area contributed by atoms with E-state index in [4.69, 9.17) is 47.9 Å². The van der Waals surface area contributed by atoms with E-state index < -0.39 is 56.1 Å². The lowest BCUT2D eigenvalue weighted by molar-refractivity contribution is -0.410. The van der Waals surface area contributed by atoms with Gasteiger partial charge >= 0.3 is 11.3 Å². The lowest BCUT2D eigenvalue weighted by Crippen LogP contribution is -2.57. The fraction of sp³-hybridized carbons (Fsp3) is 0.263. The van der Waals surface area contributed by atoms with E-state index in [0.29, 0.717) is 38.8 Å². The molecule has 23 aromatic rings. The molecule has 12 nitrogen and oxygen atoms in total. The molecule has 0 unspecified atom stereocenters. The first-order valence-corrected chi connectivity index (χ1v) is 31.3. The molecule has 2 heterocycles. The molecule has 0 fully saturated rings. The van der Waals surface area contributed by atoms with Crippen LogP contribution in [0.1, 0.15) is 150 Å². The summed E-state index contributed by atoms with van der Waals surface area (Å²) in [4.78, 5) is 95.2. The Morgan fingerprint density at radius 1 is 0.216 bits per heavy atom. The van der Waals surface area contributed by atoms with Gasteiger partial charge in [0.25, 0.3) is 0 Å². The molecular formula is C76H36O12. The first-order chi connectivity index (χ1) is 42.1. The standard InChI is InChI=1S/C76H36O12/c1-69(2,3)81-85-73-55-46-37-27-20-15-14-13-17-16(15)21-29(27)39-40-30(21)31-22(17)32-23-18(13)24-25-19(14)26-28(20)38(37)48-49-36(26)35(25)45-44-34(24)33(23)43-52-42(32)41(31)51-50(40)58(56(73)47(39)46)75(87-83-71(7,8)9)61(51)65(52)79-67(77)53(43)54(44)76(88-84-72(10,11)12)60(45)59(49)74(57(48)55,86-82-70(4,5)6)63-62(73)64(75)68(78)80-66(63)76/h1-12H3/t73-,74+,75-,76-/m1/s1. The number of benzene rings is 15. The van der Waals surface area contributed by atoms with Gasteiger partial charge in [-0.1, -0.05) is 0 Å². The molecule has 0 aliphatic heterocycles. The van der Waals surface area contributed by atoms with Crippen LogP contribution >= 0.6 is 0 Å². The van der Waals surface area contributed by atoms with Crippen molar-refractivity contribution in [1.29, 1.82) is 0 Å². The van der Waals surface area contributed by atoms with Gasteiger partial charge in [0, 0.05) is 109 Å². The van der Waals surface area contributed by atoms with Gasteiger partial charge < -0.3 is 8.83 Å². The molecule has 4 atom stereocenters. The predicted molar refractivity (Wildman–Crippen MR) is 337 cm³/mol. The van der Waals surface area contributed by atoms with Gasteiger partial charge in [-0.05, 0) is 245 Å². The molecule has 30 rings (SSSR count). The van der Waals surface area contributed by atoms with Gasteiger partial charge in [-0.15, -0.1) is 0 Å². The molecule has 0 bridgehead atoms. The molecule has 0 saturated heterocycles. The van der Waals surface area contributed by atoms with Crippen LogP contribution in [0.25, 0.3) is 226 Å². The first kappa shape index (κ1) is 41.7. The Morgan fingerprint density at radius 3 is 0.784 bits per heavy atom. The van der Waals surface area contributed by atoms with Crippen LogP contribution in [0.2, 0.25) is 0 Å². The highest BCUT2D eigenvalue weighted by Gasteiger charge is 2.77. The van der Waals surface area contributed by atoms with Crippen LogP contribution in [0.5, 0.6) is 0 Å². The van der Waals surface area contributed by atoms with Gasteiger partial charge in [0.2, 0.25) is 5.60 Å². The second-order valence-corrected chi connectivity index (χ2v) is 32.8. The van der Waals surface area contributed by atoms with Crippen LogP contribution in [0.4, 0.5) is 0 Å². The largest absolute Gasteiger partial charge is 0.423 e. The van der Waals surface area contributed by atoms with Crippen LogP contribution in [0.15, 0.2) is 18.4 Å². The van der Waals surface area contributed by atoms with Gasteiger partial charge in [-0.2, -0.15) is 0 Å². The second kappa shape index (κ2) is 10.00. The SMILES string of the molecule is CC(C)(C)OO[C@@]12c3c4c5oc(=O)c3[C@@]3(OOC(C)(C)C)c6c1c1c7c2c2c8c9c(c%10c%11c%12c(c%13c(=O)oc%14c3c3c6c6c1c1c%15c7c8c7c8c9c%11c9c%11c%12c%12c%13c%14c%13c3c3c6c1c1c(c%157)c(c89)c6c%11c%12c%13c3c16)[C@]5%10OOC(C)(C)C)[C@]42OOC(C)(C)C. The number of fused-ring (bicyclic) bond motifs is 6. The zero-order valence-corrected chi connectivity index (χ0v) is 48.9. The molecule has 2 aromatic heterocycles. The Kier molecular flexibility index (Phi) is 4.74. The first-order valence-electron chi connectivity index (χ1n) is 31.3. The molecule has 88 heavy (non-hydrogen) atoms. The molecule has 7 aliphatic rings. The predicted octanol–water partition coefficient (Wildman–Crippen LogP) is 17.5. The highest BCUT2D eigenvalue weighted by Crippen LogP contribution is 2.85. The zero-order valence-electron chi connectivity index (χ0n) is 48.9.